The van der Waals surface area contributed by atoms with Gasteiger partial charge in [-0.05, 0) is 32.2 Å². The minimum Gasteiger partial charge on any atom is -0.464 e. The Balaban J connectivity index is 1.99. The fraction of sp³-hybridized carbons (Fsp3) is 0.714. The molecule has 0 bridgehead atoms. The lowest BCUT2D eigenvalue weighted by Crippen LogP contribution is -2.32. The van der Waals surface area contributed by atoms with E-state index in [1.165, 1.54) is 0 Å². The third-order valence-corrected chi connectivity index (χ3v) is 5.20. The van der Waals surface area contributed by atoms with E-state index in [9.17, 15) is 8.42 Å². The summed E-state index contributed by atoms with van der Waals surface area (Å²) in [7, 11) is -3.51. The van der Waals surface area contributed by atoms with Gasteiger partial charge in [-0.15, -0.1) is 0 Å². The molecule has 1 aromatic heterocycles. The fourth-order valence-corrected chi connectivity index (χ4v) is 3.70. The lowest BCUT2D eigenvalue weighted by atomic mass is 10.0. The van der Waals surface area contributed by atoms with Crippen LogP contribution in [0.2, 0.25) is 0 Å². The zero-order valence-electron chi connectivity index (χ0n) is 12.6. The molecule has 0 atom stereocenters. The third-order valence-electron chi connectivity index (χ3n) is 3.66. The Morgan fingerprint density at radius 3 is 2.71 bits per heavy atom. The van der Waals surface area contributed by atoms with Gasteiger partial charge in [0.25, 0.3) is 0 Å². The van der Waals surface area contributed by atoms with Crippen LogP contribution < -0.4 is 10.0 Å². The highest BCUT2D eigenvalue weighted by atomic mass is 32.2. The second kappa shape index (κ2) is 7.40. The molecule has 0 radical (unpaired) electrons. The minimum absolute atomic E-state index is 0.238. The van der Waals surface area contributed by atoms with Gasteiger partial charge in [-0.3, -0.25) is 0 Å². The molecule has 6 nitrogen and oxygen atoms in total. The molecule has 2 heterocycles. The third kappa shape index (κ3) is 4.54. The van der Waals surface area contributed by atoms with Crippen molar-refractivity contribution in [3.63, 3.8) is 0 Å². The Labute approximate surface area is 126 Å². The van der Waals surface area contributed by atoms with Crippen molar-refractivity contribution in [1.29, 1.82) is 0 Å². The van der Waals surface area contributed by atoms with E-state index in [1.54, 1.807) is 13.0 Å². The molecule has 21 heavy (non-hydrogen) atoms. The van der Waals surface area contributed by atoms with Gasteiger partial charge in [0, 0.05) is 25.8 Å². The molecule has 2 rings (SSSR count). The number of nitrogens with one attached hydrogen (secondary N) is 2. The van der Waals surface area contributed by atoms with Crippen LogP contribution in [0.5, 0.6) is 0 Å². The average molecular weight is 316 g/mol. The van der Waals surface area contributed by atoms with Crippen LogP contribution in [0, 0.1) is 12.8 Å². The van der Waals surface area contributed by atoms with Crippen LogP contribution in [0.15, 0.2) is 15.4 Å². The quantitative estimate of drug-likeness (QED) is 0.795. The molecule has 0 aliphatic carbocycles. The molecule has 120 valence electrons. The summed E-state index contributed by atoms with van der Waals surface area (Å²) in [4.78, 5) is 0.238. The summed E-state index contributed by atoms with van der Waals surface area (Å²) in [5.41, 5.74) is 0. The summed E-state index contributed by atoms with van der Waals surface area (Å²) in [5, 5.41) is 3.12. The number of hydrogen-bond acceptors (Lipinski definition) is 5. The van der Waals surface area contributed by atoms with Crippen LogP contribution in [0.4, 0.5) is 0 Å². The lowest BCUT2D eigenvalue weighted by Gasteiger charge is -2.21. The Morgan fingerprint density at radius 2 is 2.05 bits per heavy atom. The second-order valence-electron chi connectivity index (χ2n) is 5.32. The number of aryl methyl sites for hydroxylation is 1. The van der Waals surface area contributed by atoms with Gasteiger partial charge in [0.15, 0.2) is 0 Å². The van der Waals surface area contributed by atoms with Crippen molar-refractivity contribution >= 4 is 10.0 Å². The van der Waals surface area contributed by atoms with Crippen LogP contribution in [-0.4, -0.2) is 34.7 Å². The van der Waals surface area contributed by atoms with E-state index in [-0.39, 0.29) is 4.90 Å². The minimum atomic E-state index is -3.51. The first-order chi connectivity index (χ1) is 10.0. The number of furan rings is 1. The molecule has 1 aromatic rings. The van der Waals surface area contributed by atoms with Gasteiger partial charge in [-0.2, -0.15) is 0 Å². The Morgan fingerprint density at radius 1 is 1.33 bits per heavy atom. The predicted octanol–water partition coefficient (Wildman–Crippen LogP) is 1.40. The summed E-state index contributed by atoms with van der Waals surface area (Å²) >= 11 is 0. The van der Waals surface area contributed by atoms with Gasteiger partial charge in [-0.25, -0.2) is 13.1 Å². The molecule has 0 aromatic carbocycles. The van der Waals surface area contributed by atoms with E-state index in [0.29, 0.717) is 43.7 Å². The van der Waals surface area contributed by atoms with Crippen molar-refractivity contribution < 1.29 is 17.6 Å². The number of rotatable bonds is 7. The normalized spacial score (nSPS) is 17.2. The van der Waals surface area contributed by atoms with Gasteiger partial charge in [0.1, 0.15) is 16.4 Å². The van der Waals surface area contributed by atoms with Gasteiger partial charge in [0.05, 0.1) is 6.54 Å². The first kappa shape index (κ1) is 16.5. The SMILES string of the molecule is CCNCc1cc(S(=O)(=O)NCC2CCOCC2)c(C)o1. The van der Waals surface area contributed by atoms with E-state index >= 15 is 0 Å². The van der Waals surface area contributed by atoms with Crippen molar-refractivity contribution in [2.75, 3.05) is 26.3 Å². The largest absolute Gasteiger partial charge is 0.464 e. The molecule has 0 unspecified atom stereocenters. The smallest absolute Gasteiger partial charge is 0.244 e. The summed E-state index contributed by atoms with van der Waals surface area (Å²) in [6.07, 6.45) is 1.80. The summed E-state index contributed by atoms with van der Waals surface area (Å²) < 4.78 is 38.2. The van der Waals surface area contributed by atoms with Gasteiger partial charge in [0.2, 0.25) is 10.0 Å². The summed E-state index contributed by atoms with van der Waals surface area (Å²) in [6.45, 7) is 6.89. The Bertz CT molecular complexity index is 547. The molecular weight excluding hydrogens is 292 g/mol. The van der Waals surface area contributed by atoms with Crippen molar-refractivity contribution in [2.45, 2.75) is 38.1 Å². The van der Waals surface area contributed by atoms with Crippen molar-refractivity contribution in [3.05, 3.63) is 17.6 Å². The number of sulfonamides is 1. The maximum atomic E-state index is 12.4. The van der Waals surface area contributed by atoms with Crippen LogP contribution in [-0.2, 0) is 21.3 Å². The zero-order valence-corrected chi connectivity index (χ0v) is 13.5. The van der Waals surface area contributed by atoms with Crippen LogP contribution >= 0.6 is 0 Å². The Kier molecular flexibility index (Phi) is 5.80. The fourth-order valence-electron chi connectivity index (χ4n) is 2.38. The predicted molar refractivity (Wildman–Crippen MR) is 79.6 cm³/mol. The van der Waals surface area contributed by atoms with Crippen LogP contribution in [0.3, 0.4) is 0 Å². The monoisotopic (exact) mass is 316 g/mol. The highest BCUT2D eigenvalue weighted by Crippen LogP contribution is 2.21. The van der Waals surface area contributed by atoms with E-state index in [1.807, 2.05) is 6.92 Å². The first-order valence-electron chi connectivity index (χ1n) is 7.40. The highest BCUT2D eigenvalue weighted by Gasteiger charge is 2.23. The molecule has 1 aliphatic heterocycles. The van der Waals surface area contributed by atoms with Crippen LogP contribution in [0.25, 0.3) is 0 Å². The molecule has 0 amide bonds. The number of ether oxygens (including phenoxy) is 1. The maximum absolute atomic E-state index is 12.4. The molecule has 0 saturated carbocycles. The van der Waals surface area contributed by atoms with Crippen molar-refractivity contribution in [2.24, 2.45) is 5.92 Å². The van der Waals surface area contributed by atoms with Crippen LogP contribution in [0.1, 0.15) is 31.3 Å². The maximum Gasteiger partial charge on any atom is 0.244 e. The zero-order chi connectivity index (χ0) is 15.3. The van der Waals surface area contributed by atoms with Gasteiger partial charge >= 0.3 is 0 Å². The second-order valence-corrected chi connectivity index (χ2v) is 7.06. The molecule has 2 N–H and O–H groups in total. The van der Waals surface area contributed by atoms with E-state index in [0.717, 1.165) is 19.4 Å². The lowest BCUT2D eigenvalue weighted by molar-refractivity contribution is 0.0678. The number of hydrogen-bond donors (Lipinski definition) is 2. The standard InChI is InChI=1S/C14H24N2O4S/c1-3-15-10-13-8-14(11(2)20-13)21(17,18)16-9-12-4-6-19-7-5-12/h8,12,15-16H,3-7,9-10H2,1-2H3. The molecule has 7 heteroatoms. The van der Waals surface area contributed by atoms with E-state index in [4.69, 9.17) is 9.15 Å². The van der Waals surface area contributed by atoms with Gasteiger partial charge < -0.3 is 14.5 Å². The summed E-state index contributed by atoms with van der Waals surface area (Å²) in [6, 6.07) is 1.60. The molecule has 1 saturated heterocycles. The van der Waals surface area contributed by atoms with E-state index < -0.39 is 10.0 Å². The highest BCUT2D eigenvalue weighted by molar-refractivity contribution is 7.89. The van der Waals surface area contributed by atoms with Crippen molar-refractivity contribution in [1.82, 2.24) is 10.0 Å². The molecule has 1 aliphatic rings. The first-order valence-corrected chi connectivity index (χ1v) is 8.88. The summed E-state index contributed by atoms with van der Waals surface area (Å²) in [5.74, 6) is 1.42. The molecule has 0 spiro atoms. The topological polar surface area (TPSA) is 80.6 Å². The average Bonchev–Trinajstić information content (AvgIpc) is 2.86. The van der Waals surface area contributed by atoms with Gasteiger partial charge in [-0.1, -0.05) is 6.92 Å². The van der Waals surface area contributed by atoms with E-state index in [2.05, 4.69) is 10.0 Å². The molecule has 1 fully saturated rings. The van der Waals surface area contributed by atoms with Crippen molar-refractivity contribution in [3.8, 4) is 0 Å². The molecular formula is C14H24N2O4S. The Hall–Kier alpha value is -0.890.